The zero-order chi connectivity index (χ0) is 25.2. The summed E-state index contributed by atoms with van der Waals surface area (Å²) in [7, 11) is 0. The Kier molecular flexibility index (Phi) is 7.14. The molecule has 5 rings (SSSR count). The van der Waals surface area contributed by atoms with Gasteiger partial charge in [-0.15, -0.1) is 0 Å². The van der Waals surface area contributed by atoms with E-state index < -0.39 is 17.2 Å². The average Bonchev–Trinajstić information content (AvgIpc) is 3.82. The van der Waals surface area contributed by atoms with Crippen LogP contribution >= 0.6 is 0 Å². The Balaban J connectivity index is 1.19. The molecule has 2 saturated carbocycles. The maximum Gasteiger partial charge on any atom is 0.310 e. The molecule has 2 aliphatic carbocycles. The number of carbonyl (C=O) groups is 1. The number of carboxylic acid groups (broad SMARTS) is 1. The minimum absolute atomic E-state index is 0.0311. The van der Waals surface area contributed by atoms with Gasteiger partial charge in [0, 0.05) is 12.1 Å². The van der Waals surface area contributed by atoms with E-state index in [1.807, 2.05) is 6.07 Å². The van der Waals surface area contributed by atoms with Crippen molar-refractivity contribution in [3.8, 4) is 6.07 Å². The molecule has 0 aromatic heterocycles. The van der Waals surface area contributed by atoms with Crippen LogP contribution in [0.25, 0.3) is 0 Å². The summed E-state index contributed by atoms with van der Waals surface area (Å²) in [5.41, 5.74) is 1.73. The number of halogens is 1. The Morgan fingerprint density at radius 2 is 1.89 bits per heavy atom. The molecule has 3 aliphatic rings. The first kappa shape index (κ1) is 24.9. The standard InChI is InChI=1S/C30H35FN2O3/c31-27-16-22(18-32)6-7-25(27)19-36-21-29(9-8-24-17-26(24)23-4-2-1-3-5-23)12-14-33(15-13-29)20-30(10-11-30)28(34)35/h1-7,16,24,26H,8-15,17,19-21H2,(H,34,35)/t24-,26?/m1/s1. The minimum Gasteiger partial charge on any atom is -0.481 e. The van der Waals surface area contributed by atoms with Crippen LogP contribution in [0.4, 0.5) is 4.39 Å². The summed E-state index contributed by atoms with van der Waals surface area (Å²) in [6.45, 7) is 3.19. The van der Waals surface area contributed by atoms with Gasteiger partial charge in [-0.2, -0.15) is 5.26 Å². The third kappa shape index (κ3) is 5.63. The van der Waals surface area contributed by atoms with Crippen molar-refractivity contribution in [3.63, 3.8) is 0 Å². The van der Waals surface area contributed by atoms with Gasteiger partial charge in [0.25, 0.3) is 0 Å². The monoisotopic (exact) mass is 490 g/mol. The number of hydrogen-bond acceptors (Lipinski definition) is 4. The number of benzene rings is 2. The van der Waals surface area contributed by atoms with E-state index in [0.29, 0.717) is 36.1 Å². The highest BCUT2D eigenvalue weighted by Crippen LogP contribution is 2.53. The van der Waals surface area contributed by atoms with Gasteiger partial charge in [0.2, 0.25) is 0 Å². The van der Waals surface area contributed by atoms with E-state index in [1.54, 1.807) is 12.1 Å². The average molecular weight is 491 g/mol. The van der Waals surface area contributed by atoms with E-state index in [4.69, 9.17) is 10.00 Å². The molecule has 0 spiro atoms. The maximum atomic E-state index is 14.4. The van der Waals surface area contributed by atoms with Crippen LogP contribution < -0.4 is 0 Å². The number of piperidine rings is 1. The number of nitriles is 1. The second kappa shape index (κ2) is 10.3. The largest absolute Gasteiger partial charge is 0.481 e. The highest BCUT2D eigenvalue weighted by atomic mass is 19.1. The first-order valence-electron chi connectivity index (χ1n) is 13.2. The van der Waals surface area contributed by atoms with E-state index in [-0.39, 0.29) is 12.0 Å². The smallest absolute Gasteiger partial charge is 0.310 e. The molecule has 36 heavy (non-hydrogen) atoms. The van der Waals surface area contributed by atoms with E-state index >= 15 is 0 Å². The fraction of sp³-hybridized carbons (Fsp3) is 0.533. The number of nitrogens with zero attached hydrogens (tertiary/aromatic N) is 2. The molecule has 190 valence electrons. The molecule has 1 unspecified atom stereocenters. The zero-order valence-electron chi connectivity index (χ0n) is 20.8. The normalized spacial score (nSPS) is 24.1. The lowest BCUT2D eigenvalue weighted by Crippen LogP contribution is -2.45. The topological polar surface area (TPSA) is 73.6 Å². The van der Waals surface area contributed by atoms with Crippen molar-refractivity contribution in [2.45, 2.75) is 57.5 Å². The van der Waals surface area contributed by atoms with Crippen LogP contribution in [-0.4, -0.2) is 42.2 Å². The molecule has 1 aliphatic heterocycles. The molecule has 1 saturated heterocycles. The van der Waals surface area contributed by atoms with Gasteiger partial charge in [0.1, 0.15) is 5.82 Å². The fourth-order valence-electron chi connectivity index (χ4n) is 5.95. The third-order valence-corrected chi connectivity index (χ3v) is 8.79. The SMILES string of the molecule is N#Cc1ccc(COCC2(CC[C@@H]3CC3c3ccccc3)CCN(CC3(C(=O)O)CC3)CC2)c(F)c1. The number of hydrogen-bond donors (Lipinski definition) is 1. The lowest BCUT2D eigenvalue weighted by Gasteiger charge is -2.42. The lowest BCUT2D eigenvalue weighted by molar-refractivity contribution is -0.144. The summed E-state index contributed by atoms with van der Waals surface area (Å²) in [6.07, 6.45) is 6.99. The van der Waals surface area contributed by atoms with Crippen LogP contribution in [0.5, 0.6) is 0 Å². The van der Waals surface area contributed by atoms with Crippen LogP contribution in [0.1, 0.15) is 67.6 Å². The van der Waals surface area contributed by atoms with Gasteiger partial charge in [-0.05, 0) is 93.0 Å². The van der Waals surface area contributed by atoms with Crippen molar-refractivity contribution in [1.29, 1.82) is 5.26 Å². The van der Waals surface area contributed by atoms with Gasteiger partial charge < -0.3 is 14.7 Å². The zero-order valence-corrected chi connectivity index (χ0v) is 20.8. The second-order valence-electron chi connectivity index (χ2n) is 11.3. The maximum absolute atomic E-state index is 14.4. The van der Waals surface area contributed by atoms with Crippen molar-refractivity contribution < 1.29 is 19.0 Å². The van der Waals surface area contributed by atoms with Crippen molar-refractivity contribution in [3.05, 3.63) is 71.0 Å². The predicted octanol–water partition coefficient (Wildman–Crippen LogP) is 5.74. The summed E-state index contributed by atoms with van der Waals surface area (Å²) in [4.78, 5) is 14.0. The molecule has 3 fully saturated rings. The van der Waals surface area contributed by atoms with Gasteiger partial charge in [-0.25, -0.2) is 4.39 Å². The van der Waals surface area contributed by atoms with Crippen molar-refractivity contribution in [1.82, 2.24) is 4.90 Å². The lowest BCUT2D eigenvalue weighted by atomic mass is 9.74. The van der Waals surface area contributed by atoms with Gasteiger partial charge in [0.05, 0.1) is 30.3 Å². The third-order valence-electron chi connectivity index (χ3n) is 8.79. The molecule has 2 atom stereocenters. The molecule has 0 amide bonds. The number of rotatable bonds is 11. The van der Waals surface area contributed by atoms with Crippen LogP contribution in [0, 0.1) is 33.9 Å². The Hall–Kier alpha value is -2.75. The van der Waals surface area contributed by atoms with Gasteiger partial charge in [0.15, 0.2) is 0 Å². The highest BCUT2D eigenvalue weighted by Gasteiger charge is 2.52. The Morgan fingerprint density at radius 3 is 2.53 bits per heavy atom. The van der Waals surface area contributed by atoms with Crippen LogP contribution in [0.15, 0.2) is 48.5 Å². The quantitative estimate of drug-likeness (QED) is 0.435. The summed E-state index contributed by atoms with van der Waals surface area (Å²) >= 11 is 0. The molecule has 6 heteroatoms. The van der Waals surface area contributed by atoms with Crippen LogP contribution in [0.2, 0.25) is 0 Å². The highest BCUT2D eigenvalue weighted by molar-refractivity contribution is 5.78. The molecule has 1 N–H and O–H groups in total. The molecule has 1 heterocycles. The minimum atomic E-state index is -0.659. The molecule has 2 aromatic carbocycles. The summed E-state index contributed by atoms with van der Waals surface area (Å²) in [5.74, 6) is 0.306. The van der Waals surface area contributed by atoms with Gasteiger partial charge in [-0.3, -0.25) is 4.79 Å². The summed E-state index contributed by atoms with van der Waals surface area (Å²) in [5, 5.41) is 18.6. The van der Waals surface area contributed by atoms with Crippen LogP contribution in [-0.2, 0) is 16.1 Å². The number of aliphatic carboxylic acids is 1. The molecule has 2 aromatic rings. The fourth-order valence-corrected chi connectivity index (χ4v) is 5.95. The Morgan fingerprint density at radius 1 is 1.14 bits per heavy atom. The van der Waals surface area contributed by atoms with E-state index in [2.05, 4.69) is 35.2 Å². The first-order valence-corrected chi connectivity index (χ1v) is 13.2. The molecule has 5 nitrogen and oxygen atoms in total. The second-order valence-corrected chi connectivity index (χ2v) is 11.3. The summed E-state index contributed by atoms with van der Waals surface area (Å²) < 4.78 is 20.5. The molecular weight excluding hydrogens is 455 g/mol. The van der Waals surface area contributed by atoms with Gasteiger partial charge in [-0.1, -0.05) is 36.4 Å². The molecule has 0 radical (unpaired) electrons. The molecule has 0 bridgehead atoms. The van der Waals surface area contributed by atoms with E-state index in [0.717, 1.165) is 51.6 Å². The van der Waals surface area contributed by atoms with Crippen molar-refractivity contribution >= 4 is 5.97 Å². The van der Waals surface area contributed by atoms with Gasteiger partial charge >= 0.3 is 5.97 Å². The van der Waals surface area contributed by atoms with Crippen molar-refractivity contribution in [2.75, 3.05) is 26.2 Å². The van der Waals surface area contributed by atoms with E-state index in [1.165, 1.54) is 18.1 Å². The number of ether oxygens (including phenoxy) is 1. The number of carboxylic acids is 1. The summed E-state index contributed by atoms with van der Waals surface area (Å²) in [6, 6.07) is 17.2. The first-order chi connectivity index (χ1) is 17.4. The Bertz CT molecular complexity index is 1120. The van der Waals surface area contributed by atoms with Crippen molar-refractivity contribution in [2.24, 2.45) is 16.7 Å². The molecular formula is C30H35FN2O3. The Labute approximate surface area is 212 Å². The van der Waals surface area contributed by atoms with Crippen LogP contribution in [0.3, 0.4) is 0 Å². The predicted molar refractivity (Wildman–Crippen MR) is 135 cm³/mol. The van der Waals surface area contributed by atoms with E-state index in [9.17, 15) is 14.3 Å². The number of likely N-dealkylation sites (tertiary alicyclic amines) is 1.